The molecule has 3 aromatic carbocycles. The van der Waals surface area contributed by atoms with Gasteiger partial charge in [0, 0.05) is 21.5 Å². The van der Waals surface area contributed by atoms with Crippen LogP contribution in [0, 0.1) is 0 Å². The number of aromatic nitrogens is 2. The van der Waals surface area contributed by atoms with Gasteiger partial charge in [-0.3, -0.25) is 0 Å². The first kappa shape index (κ1) is 19.3. The van der Waals surface area contributed by atoms with Crippen molar-refractivity contribution >= 4 is 39.4 Å². The zero-order chi connectivity index (χ0) is 21.5. The van der Waals surface area contributed by atoms with E-state index in [1.807, 2.05) is 55.5 Å². The maximum atomic E-state index is 12.0. The second-order valence-corrected chi connectivity index (χ2v) is 7.75. The summed E-state index contributed by atoms with van der Waals surface area (Å²) in [7, 11) is 0. The molecule has 2 aromatic heterocycles. The monoisotopic (exact) mass is 428 g/mol. The van der Waals surface area contributed by atoms with Gasteiger partial charge in [0.2, 0.25) is 0 Å². The molecule has 152 valence electrons. The van der Waals surface area contributed by atoms with E-state index in [4.69, 9.17) is 21.1 Å². The average Bonchev–Trinajstić information content (AvgIpc) is 3.21. The van der Waals surface area contributed by atoms with Gasteiger partial charge < -0.3 is 9.63 Å². The van der Waals surface area contributed by atoms with Gasteiger partial charge in [0.1, 0.15) is 5.52 Å². The molecule has 6 heteroatoms. The first-order chi connectivity index (χ1) is 15.0. The largest absolute Gasteiger partial charge is 0.478 e. The van der Waals surface area contributed by atoms with E-state index in [1.165, 1.54) is 0 Å². The summed E-state index contributed by atoms with van der Waals surface area (Å²) in [6.45, 7) is 2.04. The number of aryl methyl sites for hydroxylation is 1. The fourth-order valence-corrected chi connectivity index (χ4v) is 3.85. The zero-order valence-corrected chi connectivity index (χ0v) is 17.3. The van der Waals surface area contributed by atoms with Gasteiger partial charge in [-0.2, -0.15) is 0 Å². The number of carbonyl (C=O) groups is 1. The van der Waals surface area contributed by atoms with Crippen LogP contribution in [0.1, 0.15) is 22.8 Å². The van der Waals surface area contributed by atoms with E-state index in [0.717, 1.165) is 28.5 Å². The molecule has 5 aromatic rings. The van der Waals surface area contributed by atoms with Crippen molar-refractivity contribution < 1.29 is 14.4 Å². The maximum Gasteiger partial charge on any atom is 0.336 e. The van der Waals surface area contributed by atoms with E-state index in [1.54, 1.807) is 18.2 Å². The standard InChI is InChI=1S/C25H17ClN2O3/c1-2-14-3-9-21-18(11-14)19(25(29)30)13-23(27-21)16-6-10-22-20(12-16)24(31-28-22)15-4-7-17(26)8-5-15/h3-13H,2H2,1H3,(H,29,30). The third-order valence-electron chi connectivity index (χ3n) is 5.39. The number of fused-ring (bicyclic) bond motifs is 2. The molecule has 0 saturated carbocycles. The molecule has 0 spiro atoms. The fraction of sp³-hybridized carbons (Fsp3) is 0.0800. The molecule has 1 N–H and O–H groups in total. The van der Waals surface area contributed by atoms with Crippen LogP contribution in [0.5, 0.6) is 0 Å². The lowest BCUT2D eigenvalue weighted by Gasteiger charge is -2.09. The highest BCUT2D eigenvalue weighted by Gasteiger charge is 2.16. The Hall–Kier alpha value is -3.70. The fourth-order valence-electron chi connectivity index (χ4n) is 3.73. The lowest BCUT2D eigenvalue weighted by atomic mass is 10.00. The van der Waals surface area contributed by atoms with Gasteiger partial charge in [-0.1, -0.05) is 35.8 Å². The maximum absolute atomic E-state index is 12.0. The van der Waals surface area contributed by atoms with Gasteiger partial charge >= 0.3 is 5.97 Å². The summed E-state index contributed by atoms with van der Waals surface area (Å²) in [6.07, 6.45) is 0.828. The molecule has 0 aliphatic carbocycles. The Morgan fingerprint density at radius 2 is 1.68 bits per heavy atom. The minimum absolute atomic E-state index is 0.235. The summed E-state index contributed by atoms with van der Waals surface area (Å²) in [5, 5.41) is 16.1. The Kier molecular flexibility index (Phi) is 4.68. The van der Waals surface area contributed by atoms with E-state index in [9.17, 15) is 9.90 Å². The van der Waals surface area contributed by atoms with Gasteiger partial charge in [-0.15, -0.1) is 0 Å². The number of benzene rings is 3. The van der Waals surface area contributed by atoms with Crippen molar-refractivity contribution in [1.29, 1.82) is 0 Å². The molecular formula is C25H17ClN2O3. The molecule has 5 nitrogen and oxygen atoms in total. The van der Waals surface area contributed by atoms with Crippen molar-refractivity contribution in [2.75, 3.05) is 0 Å². The van der Waals surface area contributed by atoms with E-state index < -0.39 is 5.97 Å². The van der Waals surface area contributed by atoms with Crippen LogP contribution in [0.15, 0.2) is 71.3 Å². The number of hydrogen-bond acceptors (Lipinski definition) is 4. The van der Waals surface area contributed by atoms with E-state index in [0.29, 0.717) is 32.9 Å². The predicted octanol–water partition coefficient (Wildman–Crippen LogP) is 6.62. The predicted molar refractivity (Wildman–Crippen MR) is 122 cm³/mol. The van der Waals surface area contributed by atoms with E-state index in [-0.39, 0.29) is 5.56 Å². The van der Waals surface area contributed by atoms with Gasteiger partial charge in [-0.05, 0) is 66.6 Å². The minimum Gasteiger partial charge on any atom is -0.478 e. The normalized spacial score (nSPS) is 11.3. The molecule has 0 unspecified atom stereocenters. The number of aromatic carboxylic acids is 1. The average molecular weight is 429 g/mol. The van der Waals surface area contributed by atoms with Gasteiger partial charge in [0.25, 0.3) is 0 Å². The number of hydrogen-bond donors (Lipinski definition) is 1. The zero-order valence-electron chi connectivity index (χ0n) is 16.6. The smallest absolute Gasteiger partial charge is 0.336 e. The van der Waals surface area contributed by atoms with E-state index in [2.05, 4.69) is 5.16 Å². The van der Waals surface area contributed by atoms with Crippen LogP contribution >= 0.6 is 11.6 Å². The summed E-state index contributed by atoms with van der Waals surface area (Å²) < 4.78 is 5.58. The number of nitrogens with zero attached hydrogens (tertiary/aromatic N) is 2. The third kappa shape index (κ3) is 3.43. The second kappa shape index (κ2) is 7.52. The Balaban J connectivity index is 1.69. The van der Waals surface area contributed by atoms with Crippen LogP contribution in [-0.2, 0) is 6.42 Å². The highest BCUT2D eigenvalue weighted by molar-refractivity contribution is 6.30. The highest BCUT2D eigenvalue weighted by Crippen LogP contribution is 2.33. The Morgan fingerprint density at radius 3 is 2.42 bits per heavy atom. The van der Waals surface area contributed by atoms with Gasteiger partial charge in [-0.25, -0.2) is 9.78 Å². The first-order valence-electron chi connectivity index (χ1n) is 9.86. The number of carboxylic acids is 1. The highest BCUT2D eigenvalue weighted by atomic mass is 35.5. The SMILES string of the molecule is CCc1ccc2nc(-c3ccc4noc(-c5ccc(Cl)cc5)c4c3)cc(C(=O)O)c2c1. The van der Waals surface area contributed by atoms with Crippen molar-refractivity contribution in [3.05, 3.63) is 82.9 Å². The van der Waals surface area contributed by atoms with Crippen molar-refractivity contribution in [2.45, 2.75) is 13.3 Å². The molecule has 5 rings (SSSR count). The van der Waals surface area contributed by atoms with Gasteiger partial charge in [0.15, 0.2) is 5.76 Å². The Morgan fingerprint density at radius 1 is 0.935 bits per heavy atom. The summed E-state index contributed by atoms with van der Waals surface area (Å²) in [5.41, 5.74) is 4.89. The van der Waals surface area contributed by atoms with Crippen LogP contribution in [0.4, 0.5) is 0 Å². The summed E-state index contributed by atoms with van der Waals surface area (Å²) in [6, 6.07) is 20.4. The molecule has 0 fully saturated rings. The topological polar surface area (TPSA) is 76.2 Å². The molecule has 0 aliphatic rings. The first-order valence-corrected chi connectivity index (χ1v) is 10.2. The van der Waals surface area contributed by atoms with Crippen LogP contribution in [0.25, 0.3) is 44.4 Å². The minimum atomic E-state index is -0.977. The number of pyridine rings is 1. The lowest BCUT2D eigenvalue weighted by Crippen LogP contribution is -2.01. The molecule has 0 aliphatic heterocycles. The molecular weight excluding hydrogens is 412 g/mol. The van der Waals surface area contributed by atoms with Crippen LogP contribution < -0.4 is 0 Å². The molecule has 31 heavy (non-hydrogen) atoms. The van der Waals surface area contributed by atoms with Crippen LogP contribution in [0.2, 0.25) is 5.02 Å². The third-order valence-corrected chi connectivity index (χ3v) is 5.64. The van der Waals surface area contributed by atoms with Crippen molar-refractivity contribution in [3.63, 3.8) is 0 Å². The molecule has 0 amide bonds. The molecule has 0 atom stereocenters. The lowest BCUT2D eigenvalue weighted by molar-refractivity contribution is 0.0699. The van der Waals surface area contributed by atoms with Crippen LogP contribution in [-0.4, -0.2) is 21.2 Å². The molecule has 0 saturated heterocycles. The molecule has 0 radical (unpaired) electrons. The summed E-state index contributed by atoms with van der Waals surface area (Å²) in [4.78, 5) is 16.7. The van der Waals surface area contributed by atoms with Crippen molar-refractivity contribution in [3.8, 4) is 22.6 Å². The Bertz CT molecular complexity index is 1460. The molecule has 2 heterocycles. The molecule has 0 bridgehead atoms. The van der Waals surface area contributed by atoms with Crippen molar-refractivity contribution in [2.24, 2.45) is 0 Å². The quantitative estimate of drug-likeness (QED) is 0.348. The summed E-state index contributed by atoms with van der Waals surface area (Å²) in [5.74, 6) is -0.352. The van der Waals surface area contributed by atoms with Crippen LogP contribution in [0.3, 0.4) is 0 Å². The summed E-state index contributed by atoms with van der Waals surface area (Å²) >= 11 is 6.00. The number of carboxylic acid groups (broad SMARTS) is 1. The second-order valence-electron chi connectivity index (χ2n) is 7.32. The Labute approximate surface area is 182 Å². The van der Waals surface area contributed by atoms with Crippen molar-refractivity contribution in [1.82, 2.24) is 10.1 Å². The van der Waals surface area contributed by atoms with E-state index >= 15 is 0 Å². The van der Waals surface area contributed by atoms with Gasteiger partial charge in [0.05, 0.1) is 22.2 Å². The number of halogens is 1. The number of rotatable bonds is 4.